The summed E-state index contributed by atoms with van der Waals surface area (Å²) >= 11 is 6.61. The zero-order valence-electron chi connectivity index (χ0n) is 15.7. The zero-order chi connectivity index (χ0) is 20.7. The third-order valence-corrected chi connectivity index (χ3v) is 5.59. The Bertz CT molecular complexity index is 1110. The molecule has 3 aromatic rings. The zero-order valence-corrected chi connectivity index (χ0v) is 16.4. The maximum absolute atomic E-state index is 13.7. The van der Waals surface area contributed by atoms with Crippen LogP contribution in [0.5, 0.6) is 11.5 Å². The molecular formula is C20H17ClFN5O3. The molecule has 30 heavy (non-hydrogen) atoms. The van der Waals surface area contributed by atoms with Gasteiger partial charge in [-0.3, -0.25) is 4.79 Å². The molecule has 0 unspecified atom stereocenters. The number of aromatic nitrogens is 3. The molecule has 10 heteroatoms. The van der Waals surface area contributed by atoms with Crippen molar-refractivity contribution < 1.29 is 18.7 Å². The molecule has 1 amide bonds. The molecule has 3 heterocycles. The van der Waals surface area contributed by atoms with Crippen molar-refractivity contribution in [2.45, 2.75) is 19.0 Å². The average molecular weight is 430 g/mol. The normalized spacial score (nSPS) is 17.5. The molecule has 2 aromatic carbocycles. The second kappa shape index (κ2) is 7.49. The van der Waals surface area contributed by atoms with E-state index in [4.69, 9.17) is 21.1 Å². The number of aromatic amines is 1. The van der Waals surface area contributed by atoms with E-state index in [9.17, 15) is 9.18 Å². The first-order valence-corrected chi connectivity index (χ1v) is 9.74. The molecule has 2 aliphatic rings. The Kier molecular flexibility index (Phi) is 4.66. The first kappa shape index (κ1) is 18.7. The van der Waals surface area contributed by atoms with Gasteiger partial charge in [0, 0.05) is 19.0 Å². The van der Waals surface area contributed by atoms with Gasteiger partial charge >= 0.3 is 0 Å². The standard InChI is InChI=1S/C20H17ClFN5O3/c21-19-11(1-4-16-20(19)24-18(28)10-30-16)8-27-14(6-13-7-23-26-25-13)9-29-17-5-12(22)2-3-15(17)27/h1-5,7,14H,6,8-10H2,(H,24,28)(H,23,25,26)/t14-/m1/s1. The molecule has 1 aromatic heterocycles. The number of rotatable bonds is 4. The molecule has 1 atom stereocenters. The van der Waals surface area contributed by atoms with E-state index in [1.807, 2.05) is 6.07 Å². The number of fused-ring (bicyclic) bond motifs is 2. The molecule has 5 rings (SSSR count). The minimum absolute atomic E-state index is 0.0369. The van der Waals surface area contributed by atoms with Gasteiger partial charge in [-0.2, -0.15) is 15.4 Å². The van der Waals surface area contributed by atoms with Gasteiger partial charge in [-0.25, -0.2) is 4.39 Å². The number of carbonyl (C=O) groups excluding carboxylic acids is 1. The molecular weight excluding hydrogens is 413 g/mol. The number of amides is 1. The summed E-state index contributed by atoms with van der Waals surface area (Å²) in [7, 11) is 0. The van der Waals surface area contributed by atoms with Gasteiger partial charge in [-0.05, 0) is 23.8 Å². The number of anilines is 2. The quantitative estimate of drug-likeness (QED) is 0.662. The lowest BCUT2D eigenvalue weighted by Crippen LogP contribution is -2.44. The summed E-state index contributed by atoms with van der Waals surface area (Å²) in [5, 5.41) is 13.8. The molecule has 2 N–H and O–H groups in total. The summed E-state index contributed by atoms with van der Waals surface area (Å²) in [4.78, 5) is 13.8. The Morgan fingerprint density at radius 2 is 2.13 bits per heavy atom. The average Bonchev–Trinajstić information content (AvgIpc) is 3.25. The number of H-pyrrole nitrogens is 1. The van der Waals surface area contributed by atoms with Gasteiger partial charge in [0.1, 0.15) is 29.6 Å². The molecule has 0 bridgehead atoms. The van der Waals surface area contributed by atoms with Gasteiger partial charge in [0.2, 0.25) is 0 Å². The Labute approximate surface area is 175 Å². The van der Waals surface area contributed by atoms with E-state index in [1.165, 1.54) is 12.1 Å². The molecule has 0 saturated heterocycles. The molecule has 2 aliphatic heterocycles. The van der Waals surface area contributed by atoms with Gasteiger partial charge in [-0.15, -0.1) is 0 Å². The SMILES string of the molecule is O=C1COc2ccc(CN3c4ccc(F)cc4OC[C@H]3Cc3cn[nH]n3)c(Cl)c2N1. The van der Waals surface area contributed by atoms with Crippen LogP contribution in [0.15, 0.2) is 36.5 Å². The van der Waals surface area contributed by atoms with Gasteiger partial charge in [0.05, 0.1) is 28.6 Å². The van der Waals surface area contributed by atoms with Crippen LogP contribution in [0.3, 0.4) is 0 Å². The summed E-state index contributed by atoms with van der Waals surface area (Å²) < 4.78 is 25.0. The summed E-state index contributed by atoms with van der Waals surface area (Å²) in [5.41, 5.74) is 2.80. The van der Waals surface area contributed by atoms with Crippen LogP contribution in [0, 0.1) is 5.82 Å². The van der Waals surface area contributed by atoms with Crippen molar-refractivity contribution in [2.75, 3.05) is 23.4 Å². The monoisotopic (exact) mass is 429 g/mol. The number of carbonyl (C=O) groups is 1. The lowest BCUT2D eigenvalue weighted by atomic mass is 10.0. The highest BCUT2D eigenvalue weighted by Gasteiger charge is 2.30. The van der Waals surface area contributed by atoms with E-state index < -0.39 is 0 Å². The molecule has 0 spiro atoms. The van der Waals surface area contributed by atoms with E-state index in [0.717, 1.165) is 16.9 Å². The van der Waals surface area contributed by atoms with Gasteiger partial charge in [0.15, 0.2) is 6.61 Å². The number of nitrogens with one attached hydrogen (secondary N) is 2. The van der Waals surface area contributed by atoms with Crippen molar-refractivity contribution in [1.82, 2.24) is 15.4 Å². The van der Waals surface area contributed by atoms with Gasteiger partial charge < -0.3 is 19.7 Å². The molecule has 0 aliphatic carbocycles. The van der Waals surface area contributed by atoms with Crippen molar-refractivity contribution in [3.05, 3.63) is 58.6 Å². The molecule has 0 saturated carbocycles. The Morgan fingerprint density at radius 1 is 1.23 bits per heavy atom. The second-order valence-electron chi connectivity index (χ2n) is 7.12. The van der Waals surface area contributed by atoms with Gasteiger partial charge in [-0.1, -0.05) is 17.7 Å². The van der Waals surface area contributed by atoms with E-state index >= 15 is 0 Å². The number of halogens is 2. The van der Waals surface area contributed by atoms with Crippen LogP contribution in [-0.4, -0.2) is 40.6 Å². The lowest BCUT2D eigenvalue weighted by Gasteiger charge is -2.39. The largest absolute Gasteiger partial charge is 0.489 e. The fraction of sp³-hybridized carbons (Fsp3) is 0.250. The van der Waals surface area contributed by atoms with Crippen LogP contribution < -0.4 is 19.7 Å². The highest BCUT2D eigenvalue weighted by Crippen LogP contribution is 2.41. The molecule has 0 fully saturated rings. The topological polar surface area (TPSA) is 92.4 Å². The van der Waals surface area contributed by atoms with Crippen LogP contribution in [-0.2, 0) is 17.8 Å². The van der Waals surface area contributed by atoms with Crippen molar-refractivity contribution in [2.24, 2.45) is 0 Å². The van der Waals surface area contributed by atoms with Crippen molar-refractivity contribution in [3.63, 3.8) is 0 Å². The summed E-state index contributed by atoms with van der Waals surface area (Å²) in [6.07, 6.45) is 2.24. The maximum atomic E-state index is 13.7. The van der Waals surface area contributed by atoms with E-state index in [1.54, 1.807) is 18.3 Å². The second-order valence-corrected chi connectivity index (χ2v) is 7.50. The maximum Gasteiger partial charge on any atom is 0.262 e. The number of benzene rings is 2. The smallest absolute Gasteiger partial charge is 0.262 e. The number of ether oxygens (including phenoxy) is 2. The Hall–Kier alpha value is -3.33. The molecule has 154 valence electrons. The first-order chi connectivity index (χ1) is 14.6. The van der Waals surface area contributed by atoms with Crippen LogP contribution in [0.25, 0.3) is 0 Å². The van der Waals surface area contributed by atoms with Crippen LogP contribution in [0.1, 0.15) is 11.3 Å². The minimum atomic E-state index is -0.365. The van der Waals surface area contributed by atoms with Crippen LogP contribution in [0.4, 0.5) is 15.8 Å². The number of nitrogens with zero attached hydrogens (tertiary/aromatic N) is 3. The van der Waals surface area contributed by atoms with Crippen molar-refractivity contribution >= 4 is 28.9 Å². The van der Waals surface area contributed by atoms with E-state index in [0.29, 0.717) is 41.8 Å². The molecule has 0 radical (unpaired) electrons. The summed E-state index contributed by atoms with van der Waals surface area (Å²) in [5.74, 6) is 0.386. The van der Waals surface area contributed by atoms with Crippen LogP contribution >= 0.6 is 11.6 Å². The Balaban J connectivity index is 1.51. The minimum Gasteiger partial charge on any atom is -0.489 e. The third kappa shape index (κ3) is 3.41. The lowest BCUT2D eigenvalue weighted by molar-refractivity contribution is -0.118. The highest BCUT2D eigenvalue weighted by atomic mass is 35.5. The first-order valence-electron chi connectivity index (χ1n) is 9.36. The Morgan fingerprint density at radius 3 is 2.97 bits per heavy atom. The van der Waals surface area contributed by atoms with E-state index in [2.05, 4.69) is 25.6 Å². The summed E-state index contributed by atoms with van der Waals surface area (Å²) in [6.45, 7) is 0.739. The van der Waals surface area contributed by atoms with Gasteiger partial charge in [0.25, 0.3) is 5.91 Å². The summed E-state index contributed by atoms with van der Waals surface area (Å²) in [6, 6.07) is 8.04. The predicted octanol–water partition coefficient (Wildman–Crippen LogP) is 2.94. The third-order valence-electron chi connectivity index (χ3n) is 5.16. The van der Waals surface area contributed by atoms with Crippen LogP contribution in [0.2, 0.25) is 5.02 Å². The highest BCUT2D eigenvalue weighted by molar-refractivity contribution is 6.35. The predicted molar refractivity (Wildman–Crippen MR) is 108 cm³/mol. The van der Waals surface area contributed by atoms with Crippen molar-refractivity contribution in [3.8, 4) is 11.5 Å². The van der Waals surface area contributed by atoms with E-state index in [-0.39, 0.29) is 24.4 Å². The van der Waals surface area contributed by atoms with Crippen molar-refractivity contribution in [1.29, 1.82) is 0 Å². The fourth-order valence-electron chi connectivity index (χ4n) is 3.72. The fourth-order valence-corrected chi connectivity index (χ4v) is 3.99. The number of hydrogen-bond donors (Lipinski definition) is 2. The number of hydrogen-bond acceptors (Lipinski definition) is 6. The molecule has 8 nitrogen and oxygen atoms in total.